The molecular formula is C19H21N3O. The molecule has 4 heteroatoms. The van der Waals surface area contributed by atoms with Gasteiger partial charge in [0, 0.05) is 47.1 Å². The van der Waals surface area contributed by atoms with Gasteiger partial charge in [0.1, 0.15) is 0 Å². The molecule has 0 unspecified atom stereocenters. The van der Waals surface area contributed by atoms with Crippen LogP contribution in [0.15, 0.2) is 48.8 Å². The Morgan fingerprint density at radius 3 is 2.57 bits per heavy atom. The summed E-state index contributed by atoms with van der Waals surface area (Å²) in [5.41, 5.74) is 3.44. The molecule has 3 aromatic rings. The summed E-state index contributed by atoms with van der Waals surface area (Å²) in [4.78, 5) is 16.8. The van der Waals surface area contributed by atoms with Crippen LogP contribution in [0.25, 0.3) is 10.9 Å². The Morgan fingerprint density at radius 1 is 1.13 bits per heavy atom. The van der Waals surface area contributed by atoms with Crippen molar-refractivity contribution < 1.29 is 4.79 Å². The maximum Gasteiger partial charge on any atom is 0.257 e. The van der Waals surface area contributed by atoms with E-state index in [4.69, 9.17) is 0 Å². The molecule has 0 spiro atoms. The fourth-order valence-electron chi connectivity index (χ4n) is 2.53. The summed E-state index contributed by atoms with van der Waals surface area (Å²) >= 11 is 0. The maximum atomic E-state index is 12.4. The average Bonchev–Trinajstić information content (AvgIpc) is 2.87. The normalized spacial score (nSPS) is 11.7. The van der Waals surface area contributed by atoms with E-state index in [-0.39, 0.29) is 11.3 Å². The van der Waals surface area contributed by atoms with Crippen molar-refractivity contribution in [1.82, 2.24) is 9.55 Å². The van der Waals surface area contributed by atoms with E-state index < -0.39 is 0 Å². The summed E-state index contributed by atoms with van der Waals surface area (Å²) in [6.45, 7) is 6.30. The lowest BCUT2D eigenvalue weighted by Crippen LogP contribution is -2.16. The van der Waals surface area contributed by atoms with Gasteiger partial charge < -0.3 is 9.88 Å². The van der Waals surface area contributed by atoms with Crippen molar-refractivity contribution in [2.24, 2.45) is 7.05 Å². The van der Waals surface area contributed by atoms with E-state index >= 15 is 0 Å². The number of aryl methyl sites for hydroxylation is 1. The van der Waals surface area contributed by atoms with Gasteiger partial charge in [0.15, 0.2) is 0 Å². The molecule has 0 fully saturated rings. The van der Waals surface area contributed by atoms with Crippen LogP contribution in [0.1, 0.15) is 36.8 Å². The van der Waals surface area contributed by atoms with E-state index in [9.17, 15) is 4.79 Å². The summed E-state index contributed by atoms with van der Waals surface area (Å²) < 4.78 is 2.05. The number of carbonyl (C=O) groups excluding carboxylic acids is 1. The van der Waals surface area contributed by atoms with Crippen molar-refractivity contribution in [2.45, 2.75) is 26.2 Å². The second kappa shape index (κ2) is 5.54. The Balaban J connectivity index is 1.80. The first-order valence-corrected chi connectivity index (χ1v) is 7.67. The maximum absolute atomic E-state index is 12.4. The highest BCUT2D eigenvalue weighted by atomic mass is 16.1. The smallest absolute Gasteiger partial charge is 0.257 e. The van der Waals surface area contributed by atoms with Crippen LogP contribution in [-0.4, -0.2) is 15.5 Å². The number of pyridine rings is 1. The molecule has 0 saturated heterocycles. The third-order valence-corrected chi connectivity index (χ3v) is 3.94. The fourth-order valence-corrected chi connectivity index (χ4v) is 2.53. The first kappa shape index (κ1) is 15.3. The van der Waals surface area contributed by atoms with Crippen molar-refractivity contribution in [2.75, 3.05) is 5.32 Å². The monoisotopic (exact) mass is 307 g/mol. The molecule has 1 amide bonds. The standard InChI is InChI=1S/C19H21N3O/c1-19(2,3)17-8-5-14(12-20-17)18(23)21-15-6-7-16-13(11-15)9-10-22(16)4/h5-12H,1-4H3,(H,21,23). The fraction of sp³-hybridized carbons (Fsp3) is 0.263. The predicted octanol–water partition coefficient (Wildman–Crippen LogP) is 4.12. The Morgan fingerprint density at radius 2 is 1.91 bits per heavy atom. The topological polar surface area (TPSA) is 46.9 Å². The molecule has 0 saturated carbocycles. The van der Waals surface area contributed by atoms with Crippen molar-refractivity contribution in [3.05, 3.63) is 60.0 Å². The third-order valence-electron chi connectivity index (χ3n) is 3.94. The molecule has 118 valence electrons. The van der Waals surface area contributed by atoms with E-state index in [1.165, 1.54) is 0 Å². The van der Waals surface area contributed by atoms with Crippen LogP contribution in [-0.2, 0) is 12.5 Å². The van der Waals surface area contributed by atoms with Crippen molar-refractivity contribution in [1.29, 1.82) is 0 Å². The third kappa shape index (κ3) is 3.11. The predicted molar refractivity (Wildman–Crippen MR) is 93.8 cm³/mol. The zero-order valence-corrected chi connectivity index (χ0v) is 13.9. The highest BCUT2D eigenvalue weighted by Gasteiger charge is 2.16. The number of rotatable bonds is 2. The Bertz CT molecular complexity index is 854. The molecule has 0 bridgehead atoms. The van der Waals surface area contributed by atoms with E-state index in [1.54, 1.807) is 6.20 Å². The molecule has 1 aromatic carbocycles. The molecule has 0 radical (unpaired) electrons. The number of nitrogens with one attached hydrogen (secondary N) is 1. The highest BCUT2D eigenvalue weighted by molar-refractivity contribution is 6.04. The van der Waals surface area contributed by atoms with Crippen LogP contribution < -0.4 is 5.32 Å². The molecule has 4 nitrogen and oxygen atoms in total. The second-order valence-corrected chi connectivity index (χ2v) is 6.84. The number of benzene rings is 1. The van der Waals surface area contributed by atoms with Crippen LogP contribution >= 0.6 is 0 Å². The van der Waals surface area contributed by atoms with Crippen LogP contribution in [0.5, 0.6) is 0 Å². The quantitative estimate of drug-likeness (QED) is 0.774. The lowest BCUT2D eigenvalue weighted by atomic mass is 9.91. The lowest BCUT2D eigenvalue weighted by molar-refractivity contribution is 0.102. The van der Waals surface area contributed by atoms with Gasteiger partial charge >= 0.3 is 0 Å². The van der Waals surface area contributed by atoms with E-state index in [1.807, 2.05) is 49.6 Å². The number of anilines is 1. The van der Waals surface area contributed by atoms with Gasteiger partial charge in [0.2, 0.25) is 0 Å². The molecule has 0 aliphatic heterocycles. The molecule has 0 aliphatic rings. The second-order valence-electron chi connectivity index (χ2n) is 6.84. The minimum atomic E-state index is -0.145. The number of hydrogen-bond acceptors (Lipinski definition) is 2. The Hall–Kier alpha value is -2.62. The zero-order valence-electron chi connectivity index (χ0n) is 13.9. The number of carbonyl (C=O) groups is 1. The van der Waals surface area contributed by atoms with Crippen molar-refractivity contribution >= 4 is 22.5 Å². The van der Waals surface area contributed by atoms with E-state index in [0.717, 1.165) is 22.3 Å². The molecule has 2 aromatic heterocycles. The number of fused-ring (bicyclic) bond motifs is 1. The van der Waals surface area contributed by atoms with Crippen molar-refractivity contribution in [3.63, 3.8) is 0 Å². The van der Waals surface area contributed by atoms with Crippen LogP contribution in [0, 0.1) is 0 Å². The summed E-state index contributed by atoms with van der Waals surface area (Å²) in [7, 11) is 2.00. The summed E-state index contributed by atoms with van der Waals surface area (Å²) in [5.74, 6) is -0.145. The number of hydrogen-bond donors (Lipinski definition) is 1. The first-order chi connectivity index (χ1) is 10.8. The van der Waals surface area contributed by atoms with Gasteiger partial charge in [0.05, 0.1) is 5.56 Å². The van der Waals surface area contributed by atoms with Gasteiger partial charge in [0.25, 0.3) is 5.91 Å². The van der Waals surface area contributed by atoms with Gasteiger partial charge in [-0.3, -0.25) is 9.78 Å². The molecule has 0 atom stereocenters. The average molecular weight is 307 g/mol. The van der Waals surface area contributed by atoms with Crippen molar-refractivity contribution in [3.8, 4) is 0 Å². The van der Waals surface area contributed by atoms with Crippen LogP contribution in [0.4, 0.5) is 5.69 Å². The van der Waals surface area contributed by atoms with Gasteiger partial charge in [-0.1, -0.05) is 20.8 Å². The SMILES string of the molecule is Cn1ccc2cc(NC(=O)c3ccc(C(C)(C)C)nc3)ccc21. The van der Waals surface area contributed by atoms with E-state index in [0.29, 0.717) is 5.56 Å². The minimum absolute atomic E-state index is 0.0205. The molecule has 0 aliphatic carbocycles. The first-order valence-electron chi connectivity index (χ1n) is 7.67. The minimum Gasteiger partial charge on any atom is -0.351 e. The molecular weight excluding hydrogens is 286 g/mol. The summed E-state index contributed by atoms with van der Waals surface area (Å²) in [5, 5.41) is 4.03. The largest absolute Gasteiger partial charge is 0.351 e. The number of amides is 1. The lowest BCUT2D eigenvalue weighted by Gasteiger charge is -2.17. The molecule has 1 N–H and O–H groups in total. The van der Waals surface area contributed by atoms with Crippen LogP contribution in [0.2, 0.25) is 0 Å². The van der Waals surface area contributed by atoms with Crippen LogP contribution in [0.3, 0.4) is 0 Å². The molecule has 2 heterocycles. The van der Waals surface area contributed by atoms with Gasteiger partial charge in [-0.25, -0.2) is 0 Å². The number of aromatic nitrogens is 2. The molecule has 3 rings (SSSR count). The Labute approximate surface area is 136 Å². The van der Waals surface area contributed by atoms with Gasteiger partial charge in [-0.15, -0.1) is 0 Å². The zero-order chi connectivity index (χ0) is 16.6. The van der Waals surface area contributed by atoms with Gasteiger partial charge in [-0.2, -0.15) is 0 Å². The number of nitrogens with zero attached hydrogens (tertiary/aromatic N) is 2. The summed E-state index contributed by atoms with van der Waals surface area (Å²) in [6.07, 6.45) is 3.64. The van der Waals surface area contributed by atoms with Gasteiger partial charge in [-0.05, 0) is 36.4 Å². The highest BCUT2D eigenvalue weighted by Crippen LogP contribution is 2.22. The summed E-state index contributed by atoms with van der Waals surface area (Å²) in [6, 6.07) is 11.7. The Kier molecular flexibility index (Phi) is 3.68. The molecule has 23 heavy (non-hydrogen) atoms. The van der Waals surface area contributed by atoms with E-state index in [2.05, 4.69) is 35.6 Å².